The van der Waals surface area contributed by atoms with Crippen LogP contribution in [0.15, 0.2) is 12.2 Å². The molecule has 0 aromatic heterocycles. The summed E-state index contributed by atoms with van der Waals surface area (Å²) < 4.78 is 0. The van der Waals surface area contributed by atoms with Crippen molar-refractivity contribution in [3.63, 3.8) is 0 Å². The van der Waals surface area contributed by atoms with Crippen LogP contribution in [0, 0.1) is 11.8 Å². The van der Waals surface area contributed by atoms with E-state index in [1.165, 1.54) is 0 Å². The lowest BCUT2D eigenvalue weighted by atomic mass is 10.2. The van der Waals surface area contributed by atoms with Gasteiger partial charge in [-0.2, -0.15) is 0 Å². The molecule has 0 unspecified atom stereocenters. The number of carbonyl (C=O) groups excluding carboxylic acids is 2. The first-order chi connectivity index (χ1) is 8.91. The average Bonchev–Trinajstić information content (AvgIpc) is 2.27. The summed E-state index contributed by atoms with van der Waals surface area (Å²) in [5, 5.41) is 15.6. The van der Waals surface area contributed by atoms with Crippen molar-refractivity contribution in [1.82, 2.24) is 0 Å². The molecule has 116 valence electrons. The molecule has 0 aliphatic heterocycles. The summed E-state index contributed by atoms with van der Waals surface area (Å²) in [4.78, 5) is 38.9. The van der Waals surface area contributed by atoms with Crippen molar-refractivity contribution in [1.29, 1.82) is 0 Å². The molecule has 0 saturated heterocycles. The van der Waals surface area contributed by atoms with Crippen LogP contribution in [0.4, 0.5) is 0 Å². The van der Waals surface area contributed by atoms with Crippen LogP contribution in [-0.4, -0.2) is 34.0 Å². The van der Waals surface area contributed by atoms with E-state index in [-0.39, 0.29) is 23.7 Å². The van der Waals surface area contributed by atoms with Crippen LogP contribution in [0.25, 0.3) is 0 Å². The first kappa shape index (κ1) is 22.8. The van der Waals surface area contributed by atoms with Gasteiger partial charge in [-0.25, -0.2) is 9.59 Å². The standard InChI is InChI=1S/2C4H9NO.C4H4O4/c2*1-3(2)4(5)6;5-3(6)1-2-4(7)8/h2*3H,1-2H3,(H2,5,6);1-2H,(H,5,6)(H,7,8)/b;;2-1+. The van der Waals surface area contributed by atoms with Gasteiger partial charge in [0, 0.05) is 24.0 Å². The minimum Gasteiger partial charge on any atom is -0.478 e. The predicted octanol–water partition coefficient (Wildman–Crippen LogP) is -0.0328. The van der Waals surface area contributed by atoms with Gasteiger partial charge in [0.15, 0.2) is 0 Å². The maximum absolute atomic E-state index is 9.92. The Hall–Kier alpha value is -2.38. The van der Waals surface area contributed by atoms with Gasteiger partial charge in [0.05, 0.1) is 0 Å². The number of carboxylic acid groups (broad SMARTS) is 2. The summed E-state index contributed by atoms with van der Waals surface area (Å²) in [7, 11) is 0. The zero-order valence-corrected chi connectivity index (χ0v) is 12.0. The van der Waals surface area contributed by atoms with Gasteiger partial charge in [-0.3, -0.25) is 9.59 Å². The number of aliphatic carboxylic acids is 2. The van der Waals surface area contributed by atoms with Crippen molar-refractivity contribution >= 4 is 23.8 Å². The van der Waals surface area contributed by atoms with E-state index in [4.69, 9.17) is 21.7 Å². The quantitative estimate of drug-likeness (QED) is 0.531. The molecule has 8 heteroatoms. The lowest BCUT2D eigenvalue weighted by Gasteiger charge is -1.90. The molecule has 0 fully saturated rings. The minimum atomic E-state index is -1.26. The molecule has 2 amide bonds. The lowest BCUT2D eigenvalue weighted by Crippen LogP contribution is -2.17. The largest absolute Gasteiger partial charge is 0.478 e. The Balaban J connectivity index is -0.000000221. The van der Waals surface area contributed by atoms with E-state index >= 15 is 0 Å². The molecule has 0 atom stereocenters. The third-order valence-electron chi connectivity index (χ3n) is 1.51. The van der Waals surface area contributed by atoms with Crippen LogP contribution in [-0.2, 0) is 19.2 Å². The second-order valence-electron chi connectivity index (χ2n) is 4.12. The zero-order valence-electron chi connectivity index (χ0n) is 12.0. The number of hydrogen-bond donors (Lipinski definition) is 4. The number of carbonyl (C=O) groups is 4. The van der Waals surface area contributed by atoms with Gasteiger partial charge >= 0.3 is 11.9 Å². The van der Waals surface area contributed by atoms with E-state index in [2.05, 4.69) is 0 Å². The summed E-state index contributed by atoms with van der Waals surface area (Å²) in [5.41, 5.74) is 9.59. The SMILES string of the molecule is CC(C)C(N)=O.CC(C)C(N)=O.O=C(O)/C=C/C(=O)O. The number of primary amides is 2. The van der Waals surface area contributed by atoms with Crippen LogP contribution in [0.1, 0.15) is 27.7 Å². The minimum absolute atomic E-state index is 0.00926. The number of hydrogen-bond acceptors (Lipinski definition) is 4. The molecular weight excluding hydrogens is 268 g/mol. The van der Waals surface area contributed by atoms with E-state index < -0.39 is 11.9 Å². The van der Waals surface area contributed by atoms with E-state index in [9.17, 15) is 19.2 Å². The second kappa shape index (κ2) is 13.1. The molecule has 0 spiro atoms. The van der Waals surface area contributed by atoms with Crippen molar-refractivity contribution in [3.05, 3.63) is 12.2 Å². The first-order valence-corrected chi connectivity index (χ1v) is 5.64. The summed E-state index contributed by atoms with van der Waals surface area (Å²) >= 11 is 0. The third kappa shape index (κ3) is 29.6. The molecule has 0 aliphatic rings. The Bertz CT molecular complexity index is 327. The zero-order chi connectivity index (χ0) is 16.9. The van der Waals surface area contributed by atoms with Crippen LogP contribution in [0.5, 0.6) is 0 Å². The molecular formula is C12H22N2O6. The fraction of sp³-hybridized carbons (Fsp3) is 0.500. The van der Waals surface area contributed by atoms with E-state index in [1.54, 1.807) is 27.7 Å². The maximum Gasteiger partial charge on any atom is 0.328 e. The number of rotatable bonds is 4. The third-order valence-corrected chi connectivity index (χ3v) is 1.51. The van der Waals surface area contributed by atoms with E-state index in [1.807, 2.05) is 0 Å². The molecule has 0 radical (unpaired) electrons. The van der Waals surface area contributed by atoms with Crippen LogP contribution >= 0.6 is 0 Å². The normalized spacial score (nSPS) is 9.30. The molecule has 6 N–H and O–H groups in total. The molecule has 8 nitrogen and oxygen atoms in total. The Labute approximate surface area is 117 Å². The van der Waals surface area contributed by atoms with Gasteiger partial charge in [0.1, 0.15) is 0 Å². The van der Waals surface area contributed by atoms with E-state index in [0.29, 0.717) is 12.2 Å². The van der Waals surface area contributed by atoms with Crippen LogP contribution < -0.4 is 11.5 Å². The van der Waals surface area contributed by atoms with Gasteiger partial charge in [-0.1, -0.05) is 27.7 Å². The fourth-order valence-electron chi connectivity index (χ4n) is 0.143. The van der Waals surface area contributed by atoms with E-state index in [0.717, 1.165) is 0 Å². The van der Waals surface area contributed by atoms with Gasteiger partial charge in [0.25, 0.3) is 0 Å². The topological polar surface area (TPSA) is 161 Å². The molecule has 0 aliphatic carbocycles. The Morgan fingerprint density at radius 3 is 0.950 bits per heavy atom. The highest BCUT2D eigenvalue weighted by Crippen LogP contribution is 1.85. The Kier molecular flexibility index (Phi) is 14.9. The van der Waals surface area contributed by atoms with Gasteiger partial charge in [-0.05, 0) is 0 Å². The summed E-state index contributed by atoms with van der Waals surface area (Å²) in [6.07, 6.45) is 1.12. The van der Waals surface area contributed by atoms with Crippen molar-refractivity contribution in [2.45, 2.75) is 27.7 Å². The van der Waals surface area contributed by atoms with Crippen molar-refractivity contribution < 1.29 is 29.4 Å². The molecule has 0 bridgehead atoms. The molecule has 0 rings (SSSR count). The van der Waals surface area contributed by atoms with Crippen molar-refractivity contribution in [2.75, 3.05) is 0 Å². The number of nitrogens with two attached hydrogens (primary N) is 2. The number of amides is 2. The monoisotopic (exact) mass is 290 g/mol. The Morgan fingerprint density at radius 2 is 0.900 bits per heavy atom. The number of carboxylic acids is 2. The molecule has 0 heterocycles. The van der Waals surface area contributed by atoms with Gasteiger partial charge < -0.3 is 21.7 Å². The van der Waals surface area contributed by atoms with Crippen molar-refractivity contribution in [3.8, 4) is 0 Å². The molecule has 0 aromatic rings. The summed E-state index contributed by atoms with van der Waals surface area (Å²) in [6, 6.07) is 0. The molecule has 0 saturated carbocycles. The van der Waals surface area contributed by atoms with Crippen molar-refractivity contribution in [2.24, 2.45) is 23.3 Å². The fourth-order valence-corrected chi connectivity index (χ4v) is 0.143. The molecule has 0 aromatic carbocycles. The summed E-state index contributed by atoms with van der Waals surface area (Å²) in [5.74, 6) is -3.01. The van der Waals surface area contributed by atoms with Crippen LogP contribution in [0.2, 0.25) is 0 Å². The summed E-state index contributed by atoms with van der Waals surface area (Å²) in [6.45, 7) is 7.06. The second-order valence-corrected chi connectivity index (χ2v) is 4.12. The molecule has 20 heavy (non-hydrogen) atoms. The highest BCUT2D eigenvalue weighted by atomic mass is 16.4. The van der Waals surface area contributed by atoms with Gasteiger partial charge in [0.2, 0.25) is 11.8 Å². The lowest BCUT2D eigenvalue weighted by molar-refractivity contribution is -0.134. The smallest absolute Gasteiger partial charge is 0.328 e. The predicted molar refractivity (Wildman–Crippen MR) is 72.5 cm³/mol. The highest BCUT2D eigenvalue weighted by Gasteiger charge is 1.96. The highest BCUT2D eigenvalue weighted by molar-refractivity contribution is 5.89. The Morgan fingerprint density at radius 1 is 0.750 bits per heavy atom. The average molecular weight is 290 g/mol. The van der Waals surface area contributed by atoms with Crippen LogP contribution in [0.3, 0.4) is 0 Å². The maximum atomic E-state index is 9.92. The van der Waals surface area contributed by atoms with Gasteiger partial charge in [-0.15, -0.1) is 0 Å². The first-order valence-electron chi connectivity index (χ1n) is 5.64.